The average molecular weight is 273 g/mol. The first-order valence-corrected chi connectivity index (χ1v) is 6.99. The zero-order valence-electron chi connectivity index (χ0n) is 11.6. The van der Waals surface area contributed by atoms with Crippen molar-refractivity contribution in [3.05, 3.63) is 29.8 Å². The van der Waals surface area contributed by atoms with Gasteiger partial charge >= 0.3 is 0 Å². The molecule has 1 aliphatic rings. The number of aliphatic hydroxyl groups excluding tert-OH is 1. The van der Waals surface area contributed by atoms with E-state index in [1.165, 1.54) is 5.56 Å². The van der Waals surface area contributed by atoms with Crippen molar-refractivity contribution in [2.45, 2.75) is 19.8 Å². The van der Waals surface area contributed by atoms with Crippen LogP contribution in [0.4, 0.5) is 5.95 Å². The van der Waals surface area contributed by atoms with E-state index in [0.29, 0.717) is 5.92 Å². The molecule has 3 rings (SSSR count). The SMILES string of the molecule is Cc1ccc(-n2nnnc2N2CCC[C@@H](CO)C2)cc1. The molecule has 2 heterocycles. The van der Waals surface area contributed by atoms with Crippen molar-refractivity contribution in [3.8, 4) is 5.69 Å². The van der Waals surface area contributed by atoms with Crippen LogP contribution in [-0.4, -0.2) is 45.0 Å². The van der Waals surface area contributed by atoms with Crippen molar-refractivity contribution >= 4 is 5.95 Å². The maximum atomic E-state index is 9.34. The van der Waals surface area contributed by atoms with Crippen LogP contribution in [0.1, 0.15) is 18.4 Å². The Hall–Kier alpha value is -1.95. The van der Waals surface area contributed by atoms with Crippen LogP contribution >= 0.6 is 0 Å². The van der Waals surface area contributed by atoms with Crippen LogP contribution in [0.25, 0.3) is 5.69 Å². The molecule has 2 aromatic rings. The molecule has 0 radical (unpaired) electrons. The van der Waals surface area contributed by atoms with Gasteiger partial charge in [0.1, 0.15) is 0 Å². The third-order valence-corrected chi connectivity index (χ3v) is 3.79. The Bertz CT molecular complexity index is 565. The number of rotatable bonds is 3. The summed E-state index contributed by atoms with van der Waals surface area (Å²) in [5.41, 5.74) is 2.17. The first kappa shape index (κ1) is 13.1. The fourth-order valence-electron chi connectivity index (χ4n) is 2.63. The third-order valence-electron chi connectivity index (χ3n) is 3.79. The molecule has 1 saturated heterocycles. The second-order valence-corrected chi connectivity index (χ2v) is 5.36. The topological polar surface area (TPSA) is 67.1 Å². The second-order valence-electron chi connectivity index (χ2n) is 5.36. The Morgan fingerprint density at radius 1 is 1.30 bits per heavy atom. The highest BCUT2D eigenvalue weighted by atomic mass is 16.3. The molecule has 0 bridgehead atoms. The summed E-state index contributed by atoms with van der Waals surface area (Å²) >= 11 is 0. The number of hydrogen-bond donors (Lipinski definition) is 1. The summed E-state index contributed by atoms with van der Waals surface area (Å²) in [5.74, 6) is 1.07. The minimum absolute atomic E-state index is 0.225. The molecule has 20 heavy (non-hydrogen) atoms. The van der Waals surface area contributed by atoms with Gasteiger partial charge in [0.15, 0.2) is 0 Å². The number of piperidine rings is 1. The number of aliphatic hydroxyl groups is 1. The van der Waals surface area contributed by atoms with Crippen molar-refractivity contribution in [1.82, 2.24) is 20.2 Å². The number of tetrazole rings is 1. The van der Waals surface area contributed by atoms with Gasteiger partial charge in [-0.25, -0.2) is 0 Å². The number of anilines is 1. The minimum Gasteiger partial charge on any atom is -0.396 e. The molecular formula is C14H19N5O. The van der Waals surface area contributed by atoms with E-state index < -0.39 is 0 Å². The van der Waals surface area contributed by atoms with E-state index in [1.807, 2.05) is 24.3 Å². The summed E-state index contributed by atoms with van der Waals surface area (Å²) < 4.78 is 1.76. The first-order valence-electron chi connectivity index (χ1n) is 6.99. The van der Waals surface area contributed by atoms with Gasteiger partial charge in [-0.05, 0) is 48.2 Å². The highest BCUT2D eigenvalue weighted by Crippen LogP contribution is 2.22. The van der Waals surface area contributed by atoms with Crippen molar-refractivity contribution < 1.29 is 5.11 Å². The lowest BCUT2D eigenvalue weighted by Crippen LogP contribution is -2.38. The quantitative estimate of drug-likeness (QED) is 0.909. The average Bonchev–Trinajstić information content (AvgIpc) is 2.97. The van der Waals surface area contributed by atoms with Crippen LogP contribution < -0.4 is 4.90 Å². The van der Waals surface area contributed by atoms with Crippen molar-refractivity contribution in [2.24, 2.45) is 5.92 Å². The van der Waals surface area contributed by atoms with Gasteiger partial charge < -0.3 is 10.0 Å². The predicted molar refractivity (Wildman–Crippen MR) is 75.9 cm³/mol. The van der Waals surface area contributed by atoms with Crippen LogP contribution in [-0.2, 0) is 0 Å². The monoisotopic (exact) mass is 273 g/mol. The molecule has 0 unspecified atom stereocenters. The molecular weight excluding hydrogens is 254 g/mol. The van der Waals surface area contributed by atoms with Crippen LogP contribution in [0.15, 0.2) is 24.3 Å². The number of nitrogens with zero attached hydrogens (tertiary/aromatic N) is 5. The Morgan fingerprint density at radius 3 is 2.85 bits per heavy atom. The third kappa shape index (κ3) is 2.51. The lowest BCUT2D eigenvalue weighted by molar-refractivity contribution is 0.208. The molecule has 6 heteroatoms. The van der Waals surface area contributed by atoms with Crippen molar-refractivity contribution in [1.29, 1.82) is 0 Å². The summed E-state index contributed by atoms with van der Waals surface area (Å²) in [6.45, 7) is 4.02. The zero-order valence-corrected chi connectivity index (χ0v) is 11.6. The highest BCUT2D eigenvalue weighted by molar-refractivity contribution is 5.42. The fourth-order valence-corrected chi connectivity index (χ4v) is 2.63. The Labute approximate surface area is 118 Å². The largest absolute Gasteiger partial charge is 0.396 e. The van der Waals surface area contributed by atoms with Gasteiger partial charge in [0.25, 0.3) is 0 Å². The maximum Gasteiger partial charge on any atom is 0.250 e. The van der Waals surface area contributed by atoms with E-state index in [0.717, 1.165) is 37.6 Å². The highest BCUT2D eigenvalue weighted by Gasteiger charge is 2.23. The molecule has 0 saturated carbocycles. The molecule has 0 amide bonds. The van der Waals surface area contributed by atoms with Gasteiger partial charge in [0.2, 0.25) is 5.95 Å². The van der Waals surface area contributed by atoms with E-state index in [4.69, 9.17) is 0 Å². The van der Waals surface area contributed by atoms with E-state index in [2.05, 4.69) is 27.3 Å². The first-order chi connectivity index (χ1) is 9.78. The number of benzene rings is 1. The fraction of sp³-hybridized carbons (Fsp3) is 0.500. The summed E-state index contributed by atoms with van der Waals surface area (Å²) in [5, 5.41) is 21.4. The molecule has 1 aromatic heterocycles. The van der Waals surface area contributed by atoms with Gasteiger partial charge in [0.05, 0.1) is 5.69 Å². The Kier molecular flexibility index (Phi) is 3.64. The van der Waals surface area contributed by atoms with E-state index in [-0.39, 0.29) is 6.61 Å². The summed E-state index contributed by atoms with van der Waals surface area (Å²) in [7, 11) is 0. The lowest BCUT2D eigenvalue weighted by atomic mass is 9.99. The van der Waals surface area contributed by atoms with Crippen molar-refractivity contribution in [3.63, 3.8) is 0 Å². The van der Waals surface area contributed by atoms with E-state index in [9.17, 15) is 5.11 Å². The van der Waals surface area contributed by atoms with E-state index in [1.54, 1.807) is 4.68 Å². The number of aryl methyl sites for hydroxylation is 1. The Morgan fingerprint density at radius 2 is 2.10 bits per heavy atom. The predicted octanol–water partition coefficient (Wildman–Crippen LogP) is 1.18. The maximum absolute atomic E-state index is 9.34. The lowest BCUT2D eigenvalue weighted by Gasteiger charge is -2.31. The van der Waals surface area contributed by atoms with Crippen LogP contribution in [0.2, 0.25) is 0 Å². The standard InChI is InChI=1S/C14H19N5O/c1-11-4-6-13(7-5-11)19-14(15-16-17-19)18-8-2-3-12(9-18)10-20/h4-7,12,20H,2-3,8-10H2,1H3/t12-/m1/s1. The molecule has 1 aliphatic heterocycles. The molecule has 0 spiro atoms. The normalized spacial score (nSPS) is 19.3. The summed E-state index contributed by atoms with van der Waals surface area (Å²) in [6.07, 6.45) is 2.13. The smallest absolute Gasteiger partial charge is 0.250 e. The Balaban J connectivity index is 1.88. The van der Waals surface area contributed by atoms with Gasteiger partial charge in [-0.3, -0.25) is 0 Å². The summed E-state index contributed by atoms with van der Waals surface area (Å²) in [6, 6.07) is 8.13. The van der Waals surface area contributed by atoms with Gasteiger partial charge in [-0.2, -0.15) is 4.68 Å². The molecule has 1 atom stereocenters. The van der Waals surface area contributed by atoms with Crippen molar-refractivity contribution in [2.75, 3.05) is 24.6 Å². The minimum atomic E-state index is 0.225. The molecule has 0 aliphatic carbocycles. The van der Waals surface area contributed by atoms with Crippen LogP contribution in [0, 0.1) is 12.8 Å². The van der Waals surface area contributed by atoms with Gasteiger partial charge in [-0.15, -0.1) is 0 Å². The van der Waals surface area contributed by atoms with Gasteiger partial charge in [0, 0.05) is 19.7 Å². The molecule has 1 N–H and O–H groups in total. The van der Waals surface area contributed by atoms with Crippen LogP contribution in [0.3, 0.4) is 0 Å². The van der Waals surface area contributed by atoms with Crippen LogP contribution in [0.5, 0.6) is 0 Å². The van der Waals surface area contributed by atoms with Gasteiger partial charge in [-0.1, -0.05) is 22.8 Å². The second kappa shape index (κ2) is 5.58. The number of hydrogen-bond acceptors (Lipinski definition) is 5. The number of aromatic nitrogens is 4. The van der Waals surface area contributed by atoms with E-state index >= 15 is 0 Å². The molecule has 1 aromatic carbocycles. The summed E-state index contributed by atoms with van der Waals surface area (Å²) in [4.78, 5) is 2.16. The zero-order chi connectivity index (χ0) is 13.9. The molecule has 6 nitrogen and oxygen atoms in total. The molecule has 1 fully saturated rings. The molecule has 106 valence electrons.